The fourth-order valence-electron chi connectivity index (χ4n) is 2.20. The van der Waals surface area contributed by atoms with E-state index in [0.29, 0.717) is 5.69 Å². The fraction of sp³-hybridized carbons (Fsp3) is 0.429. The van der Waals surface area contributed by atoms with Crippen LogP contribution in [-0.2, 0) is 0 Å². The van der Waals surface area contributed by atoms with Crippen molar-refractivity contribution in [1.82, 2.24) is 4.90 Å². The molecule has 1 saturated heterocycles. The summed E-state index contributed by atoms with van der Waals surface area (Å²) in [4.78, 5) is 4.39. The molecule has 0 atom stereocenters. The highest BCUT2D eigenvalue weighted by atomic mass is 19.1. The molecule has 0 saturated carbocycles. The topological polar surface area (TPSA) is 6.48 Å². The van der Waals surface area contributed by atoms with E-state index in [1.807, 2.05) is 12.1 Å². The summed E-state index contributed by atoms with van der Waals surface area (Å²) in [6, 6.07) is 6.98. The van der Waals surface area contributed by atoms with Gasteiger partial charge in [-0.05, 0) is 18.6 Å². The fourth-order valence-corrected chi connectivity index (χ4v) is 2.20. The molecule has 92 valence electrons. The van der Waals surface area contributed by atoms with Crippen molar-refractivity contribution in [2.24, 2.45) is 0 Å². The lowest BCUT2D eigenvalue weighted by molar-refractivity contribution is 0.314. The van der Waals surface area contributed by atoms with Crippen LogP contribution in [-0.4, -0.2) is 31.1 Å². The van der Waals surface area contributed by atoms with E-state index in [1.54, 1.807) is 6.07 Å². The Labute approximate surface area is 102 Å². The molecule has 3 heteroatoms. The van der Waals surface area contributed by atoms with Gasteiger partial charge < -0.3 is 9.80 Å². The number of halogens is 1. The van der Waals surface area contributed by atoms with Crippen molar-refractivity contribution >= 4 is 5.69 Å². The first-order chi connectivity index (χ1) is 8.22. The van der Waals surface area contributed by atoms with Gasteiger partial charge in [0.25, 0.3) is 0 Å². The minimum Gasteiger partial charge on any atom is -0.372 e. The molecule has 1 aliphatic heterocycles. The molecule has 0 bridgehead atoms. The SMILES string of the molecule is C=C(CC)N1CCN(c2ccccc2F)CC1. The third-order valence-corrected chi connectivity index (χ3v) is 3.33. The van der Waals surface area contributed by atoms with Crippen molar-refractivity contribution in [3.63, 3.8) is 0 Å². The maximum Gasteiger partial charge on any atom is 0.146 e. The number of allylic oxidation sites excluding steroid dienone is 1. The summed E-state index contributed by atoms with van der Waals surface area (Å²) in [6.07, 6.45) is 0.986. The van der Waals surface area contributed by atoms with E-state index >= 15 is 0 Å². The van der Waals surface area contributed by atoms with Gasteiger partial charge in [-0.2, -0.15) is 0 Å². The van der Waals surface area contributed by atoms with Gasteiger partial charge in [0.15, 0.2) is 0 Å². The second-order valence-electron chi connectivity index (χ2n) is 4.35. The third kappa shape index (κ3) is 2.60. The first-order valence-corrected chi connectivity index (χ1v) is 6.14. The molecule has 0 unspecified atom stereocenters. The van der Waals surface area contributed by atoms with E-state index in [4.69, 9.17) is 0 Å². The summed E-state index contributed by atoms with van der Waals surface area (Å²) >= 11 is 0. The van der Waals surface area contributed by atoms with Crippen molar-refractivity contribution in [1.29, 1.82) is 0 Å². The standard InChI is InChI=1S/C14H19FN2/c1-3-12(2)16-8-10-17(11-9-16)14-7-5-4-6-13(14)15/h4-7H,2-3,8-11H2,1H3. The van der Waals surface area contributed by atoms with Crippen LogP contribution in [0.3, 0.4) is 0 Å². The first-order valence-electron chi connectivity index (χ1n) is 6.14. The number of nitrogens with zero attached hydrogens (tertiary/aromatic N) is 2. The zero-order valence-electron chi connectivity index (χ0n) is 10.3. The Kier molecular flexibility index (Phi) is 3.67. The van der Waals surface area contributed by atoms with Crippen molar-refractivity contribution in [2.75, 3.05) is 31.1 Å². The first kappa shape index (κ1) is 12.0. The highest BCUT2D eigenvalue weighted by Gasteiger charge is 2.19. The molecule has 17 heavy (non-hydrogen) atoms. The Morgan fingerprint density at radius 1 is 1.24 bits per heavy atom. The highest BCUT2D eigenvalue weighted by molar-refractivity contribution is 5.48. The molecular weight excluding hydrogens is 215 g/mol. The van der Waals surface area contributed by atoms with Gasteiger partial charge in [0, 0.05) is 31.9 Å². The van der Waals surface area contributed by atoms with Gasteiger partial charge in [-0.3, -0.25) is 0 Å². The van der Waals surface area contributed by atoms with E-state index in [9.17, 15) is 4.39 Å². The maximum absolute atomic E-state index is 13.6. The van der Waals surface area contributed by atoms with Crippen molar-refractivity contribution < 1.29 is 4.39 Å². The Hall–Kier alpha value is -1.51. The van der Waals surface area contributed by atoms with Crippen LogP contribution >= 0.6 is 0 Å². The molecule has 1 aromatic carbocycles. The van der Waals surface area contributed by atoms with Crippen molar-refractivity contribution in [3.05, 3.63) is 42.4 Å². The monoisotopic (exact) mass is 234 g/mol. The summed E-state index contributed by atoms with van der Waals surface area (Å²) in [5.41, 5.74) is 1.90. The molecule has 0 N–H and O–H groups in total. The summed E-state index contributed by atoms with van der Waals surface area (Å²) in [5, 5.41) is 0. The smallest absolute Gasteiger partial charge is 0.146 e. The summed E-state index contributed by atoms with van der Waals surface area (Å²) in [6.45, 7) is 9.75. The zero-order valence-corrected chi connectivity index (χ0v) is 10.3. The average Bonchev–Trinajstić information content (AvgIpc) is 2.39. The largest absolute Gasteiger partial charge is 0.372 e. The van der Waals surface area contributed by atoms with Crippen LogP contribution in [0, 0.1) is 5.82 Å². The molecule has 2 rings (SSSR count). The van der Waals surface area contributed by atoms with Gasteiger partial charge in [-0.25, -0.2) is 4.39 Å². The summed E-state index contributed by atoms with van der Waals surface area (Å²) < 4.78 is 13.6. The van der Waals surface area contributed by atoms with Crippen LogP contribution in [0.1, 0.15) is 13.3 Å². The maximum atomic E-state index is 13.6. The van der Waals surface area contributed by atoms with Gasteiger partial charge in [-0.1, -0.05) is 25.6 Å². The molecule has 0 spiro atoms. The summed E-state index contributed by atoms with van der Waals surface area (Å²) in [7, 11) is 0. The summed E-state index contributed by atoms with van der Waals surface area (Å²) in [5.74, 6) is -0.129. The van der Waals surface area contributed by atoms with E-state index in [0.717, 1.165) is 32.6 Å². The Morgan fingerprint density at radius 2 is 1.88 bits per heavy atom. The minimum atomic E-state index is -0.129. The van der Waals surface area contributed by atoms with Crippen molar-refractivity contribution in [3.8, 4) is 0 Å². The predicted molar refractivity (Wildman–Crippen MR) is 69.6 cm³/mol. The Morgan fingerprint density at radius 3 is 2.47 bits per heavy atom. The van der Waals surface area contributed by atoms with Crippen LogP contribution in [0.25, 0.3) is 0 Å². The zero-order chi connectivity index (χ0) is 12.3. The highest BCUT2D eigenvalue weighted by Crippen LogP contribution is 2.21. The molecule has 1 aliphatic rings. The molecule has 2 nitrogen and oxygen atoms in total. The molecule has 0 aromatic heterocycles. The molecule has 1 fully saturated rings. The molecule has 1 heterocycles. The second kappa shape index (κ2) is 5.21. The van der Waals surface area contributed by atoms with Gasteiger partial charge in [0.2, 0.25) is 0 Å². The third-order valence-electron chi connectivity index (χ3n) is 3.33. The van der Waals surface area contributed by atoms with Gasteiger partial charge in [0.1, 0.15) is 5.82 Å². The Bertz CT molecular complexity index is 395. The van der Waals surface area contributed by atoms with Crippen LogP contribution in [0.4, 0.5) is 10.1 Å². The lowest BCUT2D eigenvalue weighted by atomic mass is 10.2. The lowest BCUT2D eigenvalue weighted by Gasteiger charge is -2.38. The second-order valence-corrected chi connectivity index (χ2v) is 4.35. The number of piperazine rings is 1. The van der Waals surface area contributed by atoms with E-state index < -0.39 is 0 Å². The molecular formula is C14H19FN2. The normalized spacial score (nSPS) is 16.1. The number of hydrogen-bond donors (Lipinski definition) is 0. The molecule has 0 radical (unpaired) electrons. The van der Waals surface area contributed by atoms with Gasteiger partial charge in [-0.15, -0.1) is 0 Å². The van der Waals surface area contributed by atoms with E-state index in [-0.39, 0.29) is 5.82 Å². The van der Waals surface area contributed by atoms with E-state index in [2.05, 4.69) is 23.3 Å². The molecule has 0 aliphatic carbocycles. The predicted octanol–water partition coefficient (Wildman–Crippen LogP) is 2.87. The van der Waals surface area contributed by atoms with Gasteiger partial charge >= 0.3 is 0 Å². The number of anilines is 1. The molecule has 0 amide bonds. The number of hydrogen-bond acceptors (Lipinski definition) is 2. The molecule has 1 aromatic rings. The van der Waals surface area contributed by atoms with Crippen LogP contribution in [0.2, 0.25) is 0 Å². The van der Waals surface area contributed by atoms with Crippen LogP contribution < -0.4 is 4.90 Å². The number of para-hydroxylation sites is 1. The number of rotatable bonds is 3. The van der Waals surface area contributed by atoms with Crippen LogP contribution in [0.5, 0.6) is 0 Å². The number of benzene rings is 1. The lowest BCUT2D eigenvalue weighted by Crippen LogP contribution is -2.45. The van der Waals surface area contributed by atoms with Crippen LogP contribution in [0.15, 0.2) is 36.5 Å². The quantitative estimate of drug-likeness (QED) is 0.793. The average molecular weight is 234 g/mol. The Balaban J connectivity index is 2.00. The minimum absolute atomic E-state index is 0.129. The van der Waals surface area contributed by atoms with Crippen molar-refractivity contribution in [2.45, 2.75) is 13.3 Å². The van der Waals surface area contributed by atoms with E-state index in [1.165, 1.54) is 11.8 Å². The van der Waals surface area contributed by atoms with Gasteiger partial charge in [0.05, 0.1) is 5.69 Å².